The van der Waals surface area contributed by atoms with Gasteiger partial charge in [-0.05, 0) is 27.2 Å². The van der Waals surface area contributed by atoms with Crippen LogP contribution in [0.4, 0.5) is 5.88 Å². The van der Waals surface area contributed by atoms with Gasteiger partial charge in [-0.1, -0.05) is 30.3 Å². The molecule has 0 unspecified atom stereocenters. The van der Waals surface area contributed by atoms with Gasteiger partial charge in [0.1, 0.15) is 11.3 Å². The third-order valence-corrected chi connectivity index (χ3v) is 4.07. The Morgan fingerprint density at radius 3 is 2.32 bits per heavy atom. The Balaban J connectivity index is 2.03. The zero-order chi connectivity index (χ0) is 20.7. The summed E-state index contributed by atoms with van der Waals surface area (Å²) in [6.45, 7) is 4.60. The summed E-state index contributed by atoms with van der Waals surface area (Å²) >= 11 is 0. The summed E-state index contributed by atoms with van der Waals surface area (Å²) in [5, 5.41) is 2.51. The highest BCUT2D eigenvalue weighted by molar-refractivity contribution is 6.10. The van der Waals surface area contributed by atoms with Gasteiger partial charge in [-0.3, -0.25) is 19.7 Å². The van der Waals surface area contributed by atoms with Crippen LogP contribution in [0, 0.1) is 6.92 Å². The highest BCUT2D eigenvalue weighted by Gasteiger charge is 2.28. The Morgan fingerprint density at radius 2 is 1.71 bits per heavy atom. The van der Waals surface area contributed by atoms with Crippen molar-refractivity contribution in [1.29, 1.82) is 0 Å². The Hall–Kier alpha value is -3.22. The Morgan fingerprint density at radius 1 is 1.04 bits per heavy atom. The highest BCUT2D eigenvalue weighted by atomic mass is 16.5. The lowest BCUT2D eigenvalue weighted by Gasteiger charge is -2.06. The number of furan rings is 1. The molecule has 0 spiro atoms. The largest absolute Gasteiger partial charge is 0.462 e. The van der Waals surface area contributed by atoms with Crippen LogP contribution in [0.25, 0.3) is 0 Å². The maximum absolute atomic E-state index is 12.2. The lowest BCUT2D eigenvalue weighted by Crippen LogP contribution is -2.16. The third-order valence-electron chi connectivity index (χ3n) is 4.07. The van der Waals surface area contributed by atoms with E-state index in [1.54, 1.807) is 31.2 Å². The van der Waals surface area contributed by atoms with E-state index in [4.69, 9.17) is 9.15 Å². The molecule has 1 aromatic carbocycles. The van der Waals surface area contributed by atoms with Crippen molar-refractivity contribution in [1.82, 2.24) is 0 Å². The van der Waals surface area contributed by atoms with Crippen molar-refractivity contribution >= 4 is 29.3 Å². The van der Waals surface area contributed by atoms with E-state index >= 15 is 0 Å². The number of ketones is 2. The molecule has 1 aromatic heterocycles. The molecule has 1 amide bonds. The smallest absolute Gasteiger partial charge is 0.344 e. The molecule has 1 N–H and O–H groups in total. The highest BCUT2D eigenvalue weighted by Crippen LogP contribution is 2.28. The van der Waals surface area contributed by atoms with Crippen molar-refractivity contribution in [3.8, 4) is 0 Å². The fraction of sp³-hybridized carbons (Fsp3) is 0.333. The lowest BCUT2D eigenvalue weighted by molar-refractivity contribution is -0.116. The topological polar surface area (TPSA) is 103 Å². The van der Waals surface area contributed by atoms with Crippen molar-refractivity contribution in [2.75, 3.05) is 11.9 Å². The molecule has 0 atom stereocenters. The van der Waals surface area contributed by atoms with E-state index in [0.29, 0.717) is 12.0 Å². The average molecular weight is 385 g/mol. The number of esters is 1. The number of Topliss-reactive ketones (excluding diaryl/α,β-unsaturated/α-hetero) is 2. The van der Waals surface area contributed by atoms with Gasteiger partial charge in [-0.25, -0.2) is 4.79 Å². The number of rotatable bonds is 9. The molecule has 0 aliphatic heterocycles. The first-order valence-electron chi connectivity index (χ1n) is 9.04. The standard InChI is InChI=1S/C21H23NO6/c1-4-27-21(26)19-18(13(2)23)14(3)28-20(19)22-17(25)12-8-11-16(24)15-9-6-5-7-10-15/h5-7,9-10H,4,8,11-12H2,1-3H3,(H,22,25). The van der Waals surface area contributed by atoms with Gasteiger partial charge in [0.2, 0.25) is 11.8 Å². The summed E-state index contributed by atoms with van der Waals surface area (Å²) in [5.41, 5.74) is 0.605. The summed E-state index contributed by atoms with van der Waals surface area (Å²) in [6, 6.07) is 8.84. The molecule has 0 bridgehead atoms. The van der Waals surface area contributed by atoms with Gasteiger partial charge in [0.15, 0.2) is 11.6 Å². The van der Waals surface area contributed by atoms with Gasteiger partial charge < -0.3 is 9.15 Å². The summed E-state index contributed by atoms with van der Waals surface area (Å²) < 4.78 is 10.4. The Bertz CT molecular complexity index is 882. The van der Waals surface area contributed by atoms with Gasteiger partial charge in [-0.2, -0.15) is 0 Å². The van der Waals surface area contributed by atoms with Crippen molar-refractivity contribution in [2.45, 2.75) is 40.0 Å². The number of benzene rings is 1. The molecule has 7 nitrogen and oxygen atoms in total. The molecule has 28 heavy (non-hydrogen) atoms. The van der Waals surface area contributed by atoms with E-state index in [0.717, 1.165) is 0 Å². The first-order valence-corrected chi connectivity index (χ1v) is 9.04. The fourth-order valence-electron chi connectivity index (χ4n) is 2.82. The van der Waals surface area contributed by atoms with Gasteiger partial charge in [0.25, 0.3) is 0 Å². The Labute approximate surface area is 163 Å². The minimum atomic E-state index is -0.737. The normalized spacial score (nSPS) is 10.4. The second-order valence-corrected chi connectivity index (χ2v) is 6.20. The first-order chi connectivity index (χ1) is 13.3. The summed E-state index contributed by atoms with van der Waals surface area (Å²) in [5.74, 6) is -1.45. The van der Waals surface area contributed by atoms with Gasteiger partial charge in [-0.15, -0.1) is 0 Å². The molecule has 1 heterocycles. The molecule has 0 saturated heterocycles. The van der Waals surface area contributed by atoms with Gasteiger partial charge in [0.05, 0.1) is 12.2 Å². The predicted molar refractivity (Wildman–Crippen MR) is 103 cm³/mol. The molecule has 0 aliphatic rings. The second kappa shape index (κ2) is 9.64. The van der Waals surface area contributed by atoms with Crippen molar-refractivity contribution in [2.24, 2.45) is 0 Å². The van der Waals surface area contributed by atoms with Gasteiger partial charge in [0, 0.05) is 18.4 Å². The molecule has 7 heteroatoms. The van der Waals surface area contributed by atoms with E-state index in [1.807, 2.05) is 6.07 Å². The number of carbonyl (C=O) groups excluding carboxylic acids is 4. The average Bonchev–Trinajstić information content (AvgIpc) is 2.98. The molecule has 2 rings (SSSR count). The van der Waals surface area contributed by atoms with E-state index in [2.05, 4.69) is 5.32 Å². The van der Waals surface area contributed by atoms with Crippen LogP contribution >= 0.6 is 0 Å². The SMILES string of the molecule is CCOC(=O)c1c(NC(=O)CCCC(=O)c2ccccc2)oc(C)c1C(C)=O. The van der Waals surface area contributed by atoms with E-state index in [9.17, 15) is 19.2 Å². The maximum Gasteiger partial charge on any atom is 0.344 e. The van der Waals surface area contributed by atoms with Crippen molar-refractivity contribution in [3.05, 3.63) is 52.8 Å². The quantitative estimate of drug-likeness (QED) is 0.518. The second-order valence-electron chi connectivity index (χ2n) is 6.20. The molecule has 0 radical (unpaired) electrons. The van der Waals surface area contributed by atoms with Crippen LogP contribution in [0.3, 0.4) is 0 Å². The van der Waals surface area contributed by atoms with Crippen LogP contribution in [0.1, 0.15) is 69.9 Å². The van der Waals surface area contributed by atoms with Crippen LogP contribution in [0.2, 0.25) is 0 Å². The van der Waals surface area contributed by atoms with Crippen LogP contribution in [0.5, 0.6) is 0 Å². The van der Waals surface area contributed by atoms with Crippen LogP contribution in [-0.2, 0) is 9.53 Å². The van der Waals surface area contributed by atoms with E-state index in [1.165, 1.54) is 13.8 Å². The molecule has 0 fully saturated rings. The third kappa shape index (κ3) is 5.16. The van der Waals surface area contributed by atoms with E-state index < -0.39 is 11.9 Å². The number of hydrogen-bond donors (Lipinski definition) is 1. The number of amides is 1. The number of hydrogen-bond acceptors (Lipinski definition) is 6. The van der Waals surface area contributed by atoms with Crippen LogP contribution in [-0.4, -0.2) is 30.0 Å². The molecule has 148 valence electrons. The monoisotopic (exact) mass is 385 g/mol. The van der Waals surface area contributed by atoms with Crippen molar-refractivity contribution in [3.63, 3.8) is 0 Å². The van der Waals surface area contributed by atoms with E-state index in [-0.39, 0.29) is 53.8 Å². The number of nitrogens with one attached hydrogen (secondary N) is 1. The molecule has 0 saturated carbocycles. The number of ether oxygens (including phenoxy) is 1. The van der Waals surface area contributed by atoms with Crippen molar-refractivity contribution < 1.29 is 28.3 Å². The Kier molecular flexibility index (Phi) is 7.26. The minimum absolute atomic E-state index is 0.0479. The summed E-state index contributed by atoms with van der Waals surface area (Å²) in [6.07, 6.45) is 0.627. The number of aryl methyl sites for hydroxylation is 1. The predicted octanol–water partition coefficient (Wildman–Crippen LogP) is 3.96. The maximum atomic E-state index is 12.2. The van der Waals surface area contributed by atoms with Crippen LogP contribution < -0.4 is 5.32 Å². The minimum Gasteiger partial charge on any atom is -0.462 e. The molecule has 0 aliphatic carbocycles. The molecular weight excluding hydrogens is 362 g/mol. The zero-order valence-electron chi connectivity index (χ0n) is 16.2. The zero-order valence-corrected chi connectivity index (χ0v) is 16.2. The first kappa shape index (κ1) is 21.1. The van der Waals surface area contributed by atoms with Gasteiger partial charge >= 0.3 is 5.97 Å². The van der Waals surface area contributed by atoms with Crippen LogP contribution in [0.15, 0.2) is 34.7 Å². The lowest BCUT2D eigenvalue weighted by atomic mass is 10.1. The number of carbonyl (C=O) groups is 4. The molecular formula is C21H23NO6. The summed E-state index contributed by atoms with van der Waals surface area (Å²) in [7, 11) is 0. The summed E-state index contributed by atoms with van der Waals surface area (Å²) in [4.78, 5) is 48.4. The fourth-order valence-corrected chi connectivity index (χ4v) is 2.82. The number of anilines is 1. The molecule has 2 aromatic rings.